The second kappa shape index (κ2) is 2.72. The lowest BCUT2D eigenvalue weighted by atomic mass is 9.93. The molecule has 0 N–H and O–H groups in total. The van der Waals surface area contributed by atoms with Gasteiger partial charge in [-0.1, -0.05) is 13.8 Å². The van der Waals surface area contributed by atoms with Crippen LogP contribution in [0.15, 0.2) is 0 Å². The molecule has 3 heteroatoms. The zero-order chi connectivity index (χ0) is 8.48. The number of carbonyl (C=O) groups excluding carboxylic acids is 1. The van der Waals surface area contributed by atoms with E-state index in [1.807, 2.05) is 0 Å². The van der Waals surface area contributed by atoms with Crippen molar-refractivity contribution < 1.29 is 9.53 Å². The van der Waals surface area contributed by atoms with E-state index in [0.717, 1.165) is 19.5 Å². The summed E-state index contributed by atoms with van der Waals surface area (Å²) < 4.78 is 4.61. The average Bonchev–Trinajstić information content (AvgIpc) is 2.29. The van der Waals surface area contributed by atoms with Crippen LogP contribution < -0.4 is 0 Å². The van der Waals surface area contributed by atoms with Crippen molar-refractivity contribution >= 4 is 6.09 Å². The number of methoxy groups -OCH3 is 1. The van der Waals surface area contributed by atoms with Crippen LogP contribution in [0.2, 0.25) is 0 Å². The van der Waals surface area contributed by atoms with Gasteiger partial charge < -0.3 is 9.64 Å². The van der Waals surface area contributed by atoms with Gasteiger partial charge in [0.2, 0.25) is 0 Å². The van der Waals surface area contributed by atoms with Gasteiger partial charge in [0, 0.05) is 13.1 Å². The zero-order valence-electron chi connectivity index (χ0n) is 7.39. The highest BCUT2D eigenvalue weighted by atomic mass is 16.5. The molecule has 0 atom stereocenters. The van der Waals surface area contributed by atoms with Crippen molar-refractivity contribution in [3.8, 4) is 0 Å². The van der Waals surface area contributed by atoms with Crippen molar-refractivity contribution in [2.24, 2.45) is 5.41 Å². The molecule has 0 spiro atoms. The SMILES string of the molecule is COC(=O)N1CCC(C)(C)C1. The van der Waals surface area contributed by atoms with Crippen LogP contribution in [0, 0.1) is 5.41 Å². The van der Waals surface area contributed by atoms with Gasteiger partial charge >= 0.3 is 6.09 Å². The summed E-state index contributed by atoms with van der Waals surface area (Å²) in [6.45, 7) is 5.98. The molecule has 0 aromatic carbocycles. The molecule has 1 aliphatic heterocycles. The molecule has 0 aromatic rings. The Bertz CT molecular complexity index is 165. The summed E-state index contributed by atoms with van der Waals surface area (Å²) in [6, 6.07) is 0. The summed E-state index contributed by atoms with van der Waals surface area (Å²) in [4.78, 5) is 12.8. The number of nitrogens with zero attached hydrogens (tertiary/aromatic N) is 1. The standard InChI is InChI=1S/C8H15NO2/c1-8(2)4-5-9(6-8)7(10)11-3/h4-6H2,1-3H3. The van der Waals surface area contributed by atoms with E-state index in [1.165, 1.54) is 7.11 Å². The second-order valence-electron chi connectivity index (χ2n) is 3.81. The molecule has 1 rings (SSSR count). The fourth-order valence-electron chi connectivity index (χ4n) is 1.40. The van der Waals surface area contributed by atoms with Crippen LogP contribution >= 0.6 is 0 Å². The van der Waals surface area contributed by atoms with E-state index < -0.39 is 0 Å². The molecule has 0 unspecified atom stereocenters. The monoisotopic (exact) mass is 157 g/mol. The summed E-state index contributed by atoms with van der Waals surface area (Å²) in [6.07, 6.45) is 0.873. The molecule has 1 heterocycles. The number of amides is 1. The first-order valence-electron chi connectivity index (χ1n) is 3.88. The third-order valence-electron chi connectivity index (χ3n) is 2.11. The molecule has 0 bridgehead atoms. The summed E-state index contributed by atoms with van der Waals surface area (Å²) in [7, 11) is 1.42. The van der Waals surface area contributed by atoms with Crippen LogP contribution in [0.5, 0.6) is 0 Å². The minimum absolute atomic E-state index is 0.199. The van der Waals surface area contributed by atoms with Gasteiger partial charge in [-0.05, 0) is 11.8 Å². The van der Waals surface area contributed by atoms with E-state index in [9.17, 15) is 4.79 Å². The van der Waals surface area contributed by atoms with Crippen LogP contribution in [-0.2, 0) is 4.74 Å². The summed E-state index contributed by atoms with van der Waals surface area (Å²) in [5, 5.41) is 0. The summed E-state index contributed by atoms with van der Waals surface area (Å²) in [5.74, 6) is 0. The highest BCUT2D eigenvalue weighted by molar-refractivity contribution is 5.67. The lowest BCUT2D eigenvalue weighted by molar-refractivity contribution is 0.129. The number of likely N-dealkylation sites (tertiary alicyclic amines) is 1. The Morgan fingerprint density at radius 2 is 2.18 bits per heavy atom. The van der Waals surface area contributed by atoms with Crippen molar-refractivity contribution in [1.82, 2.24) is 4.90 Å². The third-order valence-corrected chi connectivity index (χ3v) is 2.11. The van der Waals surface area contributed by atoms with Crippen LogP contribution in [-0.4, -0.2) is 31.2 Å². The first kappa shape index (κ1) is 8.37. The number of rotatable bonds is 0. The summed E-state index contributed by atoms with van der Waals surface area (Å²) >= 11 is 0. The largest absolute Gasteiger partial charge is 0.453 e. The van der Waals surface area contributed by atoms with Crippen LogP contribution in [0.25, 0.3) is 0 Å². The second-order valence-corrected chi connectivity index (χ2v) is 3.81. The minimum atomic E-state index is -0.199. The normalized spacial score (nSPS) is 21.9. The Kier molecular flexibility index (Phi) is 2.07. The summed E-state index contributed by atoms with van der Waals surface area (Å²) in [5.41, 5.74) is 0.272. The van der Waals surface area contributed by atoms with Crippen molar-refractivity contribution in [1.29, 1.82) is 0 Å². The van der Waals surface area contributed by atoms with Crippen molar-refractivity contribution in [2.45, 2.75) is 20.3 Å². The molecular formula is C8H15NO2. The highest BCUT2D eigenvalue weighted by Crippen LogP contribution is 2.28. The van der Waals surface area contributed by atoms with Gasteiger partial charge in [-0.2, -0.15) is 0 Å². The zero-order valence-corrected chi connectivity index (χ0v) is 7.39. The Labute approximate surface area is 67.3 Å². The minimum Gasteiger partial charge on any atom is -0.453 e. The maximum Gasteiger partial charge on any atom is 0.409 e. The Morgan fingerprint density at radius 1 is 1.55 bits per heavy atom. The lowest BCUT2D eigenvalue weighted by Gasteiger charge is -2.18. The number of ether oxygens (including phenoxy) is 1. The molecule has 11 heavy (non-hydrogen) atoms. The fraction of sp³-hybridized carbons (Fsp3) is 0.875. The molecule has 0 aromatic heterocycles. The predicted molar refractivity (Wildman–Crippen MR) is 42.4 cm³/mol. The molecule has 1 amide bonds. The topological polar surface area (TPSA) is 29.5 Å². The molecule has 1 fully saturated rings. The number of hydrogen-bond acceptors (Lipinski definition) is 2. The van der Waals surface area contributed by atoms with E-state index in [1.54, 1.807) is 4.90 Å². The van der Waals surface area contributed by atoms with Crippen LogP contribution in [0.1, 0.15) is 20.3 Å². The van der Waals surface area contributed by atoms with E-state index in [2.05, 4.69) is 18.6 Å². The molecule has 0 saturated carbocycles. The van der Waals surface area contributed by atoms with Crippen LogP contribution in [0.3, 0.4) is 0 Å². The van der Waals surface area contributed by atoms with Gasteiger partial charge in [-0.3, -0.25) is 0 Å². The molecule has 1 aliphatic rings. The molecule has 64 valence electrons. The van der Waals surface area contributed by atoms with Gasteiger partial charge in [0.05, 0.1) is 7.11 Å². The smallest absolute Gasteiger partial charge is 0.409 e. The van der Waals surface area contributed by atoms with Gasteiger partial charge in [0.15, 0.2) is 0 Å². The molecule has 3 nitrogen and oxygen atoms in total. The number of carbonyl (C=O) groups is 1. The maximum absolute atomic E-state index is 11.0. The predicted octanol–water partition coefficient (Wildman–Crippen LogP) is 1.48. The van der Waals surface area contributed by atoms with Gasteiger partial charge in [0.1, 0.15) is 0 Å². The van der Waals surface area contributed by atoms with Gasteiger partial charge in [-0.15, -0.1) is 0 Å². The quantitative estimate of drug-likeness (QED) is 0.533. The van der Waals surface area contributed by atoms with Crippen molar-refractivity contribution in [2.75, 3.05) is 20.2 Å². The number of hydrogen-bond donors (Lipinski definition) is 0. The fourth-order valence-corrected chi connectivity index (χ4v) is 1.40. The molecule has 0 aliphatic carbocycles. The van der Waals surface area contributed by atoms with Crippen LogP contribution in [0.4, 0.5) is 4.79 Å². The van der Waals surface area contributed by atoms with E-state index in [4.69, 9.17) is 0 Å². The third kappa shape index (κ3) is 1.85. The maximum atomic E-state index is 11.0. The van der Waals surface area contributed by atoms with Crippen molar-refractivity contribution in [3.63, 3.8) is 0 Å². The van der Waals surface area contributed by atoms with Gasteiger partial charge in [0.25, 0.3) is 0 Å². The average molecular weight is 157 g/mol. The molecule has 0 radical (unpaired) electrons. The first-order valence-corrected chi connectivity index (χ1v) is 3.88. The van der Waals surface area contributed by atoms with Crippen molar-refractivity contribution in [3.05, 3.63) is 0 Å². The highest BCUT2D eigenvalue weighted by Gasteiger charge is 2.32. The van der Waals surface area contributed by atoms with E-state index in [-0.39, 0.29) is 11.5 Å². The van der Waals surface area contributed by atoms with E-state index in [0.29, 0.717) is 0 Å². The molecule has 1 saturated heterocycles. The van der Waals surface area contributed by atoms with E-state index >= 15 is 0 Å². The Hall–Kier alpha value is -0.730. The Morgan fingerprint density at radius 3 is 2.55 bits per heavy atom. The van der Waals surface area contributed by atoms with Gasteiger partial charge in [-0.25, -0.2) is 4.79 Å². The Balaban J connectivity index is 2.48. The lowest BCUT2D eigenvalue weighted by Crippen LogP contribution is -2.29. The first-order chi connectivity index (χ1) is 5.05. The molecular weight excluding hydrogens is 142 g/mol.